The summed E-state index contributed by atoms with van der Waals surface area (Å²) >= 11 is 0. The average Bonchev–Trinajstić information content (AvgIpc) is 3.33. The molecule has 1 aliphatic carbocycles. The minimum atomic E-state index is -0.215. The van der Waals surface area contributed by atoms with E-state index >= 15 is 0 Å². The molecule has 2 N–H and O–H groups in total. The van der Waals surface area contributed by atoms with Crippen molar-refractivity contribution < 1.29 is 9.53 Å². The molecule has 0 aliphatic heterocycles. The molecule has 0 bridgehead atoms. The molecule has 0 unspecified atom stereocenters. The second kappa shape index (κ2) is 6.90. The summed E-state index contributed by atoms with van der Waals surface area (Å²) in [5, 5.41) is 13.9. The van der Waals surface area contributed by atoms with Gasteiger partial charge in [-0.2, -0.15) is 0 Å². The number of aryl methyl sites for hydroxylation is 1. The van der Waals surface area contributed by atoms with Crippen LogP contribution in [0.3, 0.4) is 0 Å². The predicted molar refractivity (Wildman–Crippen MR) is 89.5 cm³/mol. The number of benzene rings is 1. The second-order valence-electron chi connectivity index (χ2n) is 6.23. The summed E-state index contributed by atoms with van der Waals surface area (Å²) in [6, 6.07) is 7.47. The summed E-state index contributed by atoms with van der Waals surface area (Å²) in [5.74, 6) is 2.03. The molecule has 1 fully saturated rings. The number of ether oxygens (including phenoxy) is 1. The molecule has 1 saturated carbocycles. The number of amides is 2. The van der Waals surface area contributed by atoms with Gasteiger partial charge < -0.3 is 19.9 Å². The Morgan fingerprint density at radius 2 is 2.00 bits per heavy atom. The maximum Gasteiger partial charge on any atom is 0.315 e. The Morgan fingerprint density at radius 1 is 1.29 bits per heavy atom. The van der Waals surface area contributed by atoms with Gasteiger partial charge in [0.15, 0.2) is 5.82 Å². The van der Waals surface area contributed by atoms with Crippen molar-refractivity contribution in [1.29, 1.82) is 0 Å². The zero-order valence-corrected chi connectivity index (χ0v) is 14.2. The Bertz CT molecular complexity index is 693. The standard InChI is InChI=1S/C17H23N5O2/c1-11(16-21-18-10-22(16)2)19-17(23)20-15(12-4-5-12)13-6-8-14(24-3)9-7-13/h6-12,15H,4-5H2,1-3H3,(H2,19,20,23)/t11-,15+/m0/s1. The van der Waals surface area contributed by atoms with Crippen molar-refractivity contribution >= 4 is 6.03 Å². The maximum atomic E-state index is 12.4. The molecule has 0 saturated heterocycles. The lowest BCUT2D eigenvalue weighted by atomic mass is 10.0. The van der Waals surface area contributed by atoms with Crippen molar-refractivity contribution in [2.45, 2.75) is 31.8 Å². The van der Waals surface area contributed by atoms with E-state index in [9.17, 15) is 4.79 Å². The number of rotatable bonds is 6. The molecule has 7 heteroatoms. The third kappa shape index (κ3) is 3.67. The molecule has 2 atom stereocenters. The lowest BCUT2D eigenvalue weighted by Gasteiger charge is -2.21. The molecule has 3 rings (SSSR count). The SMILES string of the molecule is COc1ccc([C@H](NC(=O)N[C@@H](C)c2nncn2C)C2CC2)cc1. The molecule has 0 radical (unpaired) electrons. The first-order chi connectivity index (χ1) is 11.6. The van der Waals surface area contributed by atoms with Crippen molar-refractivity contribution in [2.24, 2.45) is 13.0 Å². The van der Waals surface area contributed by atoms with Crippen LogP contribution < -0.4 is 15.4 Å². The molecule has 7 nitrogen and oxygen atoms in total. The topological polar surface area (TPSA) is 81.1 Å². The molecule has 0 spiro atoms. The van der Waals surface area contributed by atoms with Gasteiger partial charge in [0.1, 0.15) is 12.1 Å². The number of carbonyl (C=O) groups excluding carboxylic acids is 1. The smallest absolute Gasteiger partial charge is 0.315 e. The van der Waals surface area contributed by atoms with Gasteiger partial charge in [0.05, 0.1) is 19.2 Å². The van der Waals surface area contributed by atoms with E-state index in [1.54, 1.807) is 18.0 Å². The third-order valence-corrected chi connectivity index (χ3v) is 4.34. The lowest BCUT2D eigenvalue weighted by molar-refractivity contribution is 0.232. The van der Waals surface area contributed by atoms with Crippen molar-refractivity contribution in [2.75, 3.05) is 7.11 Å². The zero-order valence-electron chi connectivity index (χ0n) is 14.2. The molecule has 1 aromatic heterocycles. The van der Waals surface area contributed by atoms with E-state index in [-0.39, 0.29) is 18.1 Å². The van der Waals surface area contributed by atoms with E-state index < -0.39 is 0 Å². The minimum Gasteiger partial charge on any atom is -0.497 e. The van der Waals surface area contributed by atoms with Gasteiger partial charge in [-0.05, 0) is 43.4 Å². The fraction of sp³-hybridized carbons (Fsp3) is 0.471. The van der Waals surface area contributed by atoms with Crippen LogP contribution in [0.1, 0.15) is 43.2 Å². The van der Waals surface area contributed by atoms with E-state index in [1.807, 2.05) is 38.2 Å². The number of hydrogen-bond donors (Lipinski definition) is 2. The number of nitrogens with zero attached hydrogens (tertiary/aromatic N) is 3. The third-order valence-electron chi connectivity index (χ3n) is 4.34. The fourth-order valence-corrected chi connectivity index (χ4v) is 2.84. The Labute approximate surface area is 141 Å². The van der Waals surface area contributed by atoms with Crippen molar-refractivity contribution in [3.05, 3.63) is 42.0 Å². The van der Waals surface area contributed by atoms with Crippen LogP contribution in [0.15, 0.2) is 30.6 Å². The summed E-state index contributed by atoms with van der Waals surface area (Å²) < 4.78 is 6.99. The molecular weight excluding hydrogens is 306 g/mol. The van der Waals surface area contributed by atoms with E-state index in [0.29, 0.717) is 5.92 Å². The van der Waals surface area contributed by atoms with E-state index in [1.165, 1.54) is 0 Å². The van der Waals surface area contributed by atoms with E-state index in [4.69, 9.17) is 4.74 Å². The summed E-state index contributed by atoms with van der Waals surface area (Å²) in [7, 11) is 3.50. The highest BCUT2D eigenvalue weighted by Crippen LogP contribution is 2.41. The molecular formula is C17H23N5O2. The summed E-state index contributed by atoms with van der Waals surface area (Å²) in [6.45, 7) is 1.89. The highest BCUT2D eigenvalue weighted by atomic mass is 16.5. The summed E-state index contributed by atoms with van der Waals surface area (Å²) in [5.41, 5.74) is 1.10. The lowest BCUT2D eigenvalue weighted by Crippen LogP contribution is -2.40. The highest BCUT2D eigenvalue weighted by molar-refractivity contribution is 5.75. The number of nitrogens with one attached hydrogen (secondary N) is 2. The van der Waals surface area contributed by atoms with Crippen molar-refractivity contribution in [1.82, 2.24) is 25.4 Å². The van der Waals surface area contributed by atoms with Crippen LogP contribution in [0, 0.1) is 5.92 Å². The molecule has 1 heterocycles. The van der Waals surface area contributed by atoms with Crippen LogP contribution in [0.5, 0.6) is 5.75 Å². The number of carbonyl (C=O) groups is 1. The van der Waals surface area contributed by atoms with Crippen LogP contribution >= 0.6 is 0 Å². The molecule has 128 valence electrons. The largest absolute Gasteiger partial charge is 0.497 e. The Kier molecular flexibility index (Phi) is 4.69. The van der Waals surface area contributed by atoms with Crippen LogP contribution in [0.4, 0.5) is 4.79 Å². The number of hydrogen-bond acceptors (Lipinski definition) is 4. The van der Waals surface area contributed by atoms with E-state index in [0.717, 1.165) is 30.0 Å². The first-order valence-corrected chi connectivity index (χ1v) is 8.13. The van der Waals surface area contributed by atoms with Gasteiger partial charge in [0.2, 0.25) is 0 Å². The van der Waals surface area contributed by atoms with Gasteiger partial charge in [-0.3, -0.25) is 0 Å². The fourth-order valence-electron chi connectivity index (χ4n) is 2.84. The monoisotopic (exact) mass is 329 g/mol. The van der Waals surface area contributed by atoms with Crippen molar-refractivity contribution in [3.63, 3.8) is 0 Å². The Morgan fingerprint density at radius 3 is 2.54 bits per heavy atom. The molecule has 1 aliphatic rings. The average molecular weight is 329 g/mol. The summed E-state index contributed by atoms with van der Waals surface area (Å²) in [4.78, 5) is 12.4. The van der Waals surface area contributed by atoms with E-state index in [2.05, 4.69) is 20.8 Å². The quantitative estimate of drug-likeness (QED) is 0.852. The number of aromatic nitrogens is 3. The molecule has 2 amide bonds. The van der Waals surface area contributed by atoms with Gasteiger partial charge in [0.25, 0.3) is 0 Å². The molecule has 24 heavy (non-hydrogen) atoms. The predicted octanol–water partition coefficient (Wildman–Crippen LogP) is 2.34. The van der Waals surface area contributed by atoms with Crippen LogP contribution in [0.2, 0.25) is 0 Å². The Hall–Kier alpha value is -2.57. The minimum absolute atomic E-state index is 0.0163. The van der Waals surface area contributed by atoms with Crippen molar-refractivity contribution in [3.8, 4) is 5.75 Å². The first-order valence-electron chi connectivity index (χ1n) is 8.13. The summed E-state index contributed by atoms with van der Waals surface area (Å²) in [6.07, 6.45) is 3.89. The second-order valence-corrected chi connectivity index (χ2v) is 6.23. The van der Waals surface area contributed by atoms with Crippen LogP contribution in [-0.4, -0.2) is 27.9 Å². The van der Waals surface area contributed by atoms with Gasteiger partial charge in [-0.1, -0.05) is 12.1 Å². The number of urea groups is 1. The van der Waals surface area contributed by atoms with Crippen LogP contribution in [0.25, 0.3) is 0 Å². The van der Waals surface area contributed by atoms with Gasteiger partial charge in [0, 0.05) is 7.05 Å². The normalized spacial score (nSPS) is 16.3. The zero-order chi connectivity index (χ0) is 17.1. The van der Waals surface area contributed by atoms with Gasteiger partial charge >= 0.3 is 6.03 Å². The van der Waals surface area contributed by atoms with Crippen LogP contribution in [-0.2, 0) is 7.05 Å². The molecule has 1 aromatic carbocycles. The highest BCUT2D eigenvalue weighted by Gasteiger charge is 2.33. The molecule has 2 aromatic rings. The van der Waals surface area contributed by atoms with Gasteiger partial charge in [-0.15, -0.1) is 10.2 Å². The maximum absolute atomic E-state index is 12.4. The number of methoxy groups -OCH3 is 1. The Balaban J connectivity index is 1.65. The van der Waals surface area contributed by atoms with Gasteiger partial charge in [-0.25, -0.2) is 4.79 Å². The first kappa shape index (κ1) is 16.3.